The van der Waals surface area contributed by atoms with Gasteiger partial charge in [0.2, 0.25) is 0 Å². The molecule has 138 valence electrons. The lowest BCUT2D eigenvalue weighted by Crippen LogP contribution is -2.28. The van der Waals surface area contributed by atoms with Gasteiger partial charge < -0.3 is 11.5 Å². The summed E-state index contributed by atoms with van der Waals surface area (Å²) in [5.74, 6) is 0. The number of halogens is 1. The molecule has 0 spiro atoms. The van der Waals surface area contributed by atoms with Gasteiger partial charge in [0.15, 0.2) is 0 Å². The quantitative estimate of drug-likeness (QED) is 0.387. The topological polar surface area (TPSA) is 52.0 Å². The van der Waals surface area contributed by atoms with Gasteiger partial charge in [0, 0.05) is 11.4 Å². The molecule has 0 saturated heterocycles. The standard InChI is InChI=1S/C25H20N2.ClH/c26-19-13-9-17(10-14-19)25(18-11-15-20(27)16-12-18)23-7-3-1-5-21(23)22-6-2-4-8-24(22)25;/h1-16H,26-27H2;1H. The molecule has 0 aromatic heterocycles. The van der Waals surface area contributed by atoms with Crippen LogP contribution in [0.2, 0.25) is 0 Å². The summed E-state index contributed by atoms with van der Waals surface area (Å²) < 4.78 is 0. The van der Waals surface area contributed by atoms with Gasteiger partial charge in [-0.3, -0.25) is 0 Å². The Morgan fingerprint density at radius 1 is 0.464 bits per heavy atom. The first-order valence-corrected chi connectivity index (χ1v) is 9.12. The fraction of sp³-hybridized carbons (Fsp3) is 0.0400. The molecule has 1 aliphatic carbocycles. The first kappa shape index (κ1) is 18.1. The van der Waals surface area contributed by atoms with Crippen LogP contribution >= 0.6 is 12.4 Å². The highest BCUT2D eigenvalue weighted by molar-refractivity contribution is 5.86. The van der Waals surface area contributed by atoms with Crippen LogP contribution < -0.4 is 11.5 Å². The second-order valence-electron chi connectivity index (χ2n) is 7.09. The monoisotopic (exact) mass is 384 g/mol. The maximum absolute atomic E-state index is 6.00. The Hall–Kier alpha value is -3.23. The number of rotatable bonds is 2. The van der Waals surface area contributed by atoms with Gasteiger partial charge in [-0.1, -0.05) is 72.8 Å². The fourth-order valence-corrected chi connectivity index (χ4v) is 4.49. The number of hydrogen-bond acceptors (Lipinski definition) is 2. The van der Waals surface area contributed by atoms with E-state index in [4.69, 9.17) is 11.5 Å². The van der Waals surface area contributed by atoms with Crippen molar-refractivity contribution in [1.82, 2.24) is 0 Å². The summed E-state index contributed by atoms with van der Waals surface area (Å²) in [7, 11) is 0. The first-order chi connectivity index (χ1) is 13.2. The third-order valence-electron chi connectivity index (χ3n) is 5.64. The van der Waals surface area contributed by atoms with Gasteiger partial charge in [-0.2, -0.15) is 0 Å². The highest BCUT2D eigenvalue weighted by Gasteiger charge is 2.45. The third-order valence-corrected chi connectivity index (χ3v) is 5.64. The van der Waals surface area contributed by atoms with Crippen LogP contribution in [0.5, 0.6) is 0 Å². The van der Waals surface area contributed by atoms with Gasteiger partial charge in [0.1, 0.15) is 0 Å². The van der Waals surface area contributed by atoms with Gasteiger partial charge in [0.25, 0.3) is 0 Å². The zero-order valence-electron chi connectivity index (χ0n) is 15.3. The van der Waals surface area contributed by atoms with Crippen LogP contribution in [0.15, 0.2) is 97.1 Å². The number of anilines is 2. The molecule has 0 saturated carbocycles. The third kappa shape index (κ3) is 2.42. The van der Waals surface area contributed by atoms with E-state index < -0.39 is 0 Å². The Morgan fingerprint density at radius 2 is 0.821 bits per heavy atom. The molecule has 0 unspecified atom stereocenters. The predicted molar refractivity (Wildman–Crippen MR) is 120 cm³/mol. The van der Waals surface area contributed by atoms with Crippen molar-refractivity contribution in [2.45, 2.75) is 5.41 Å². The average molecular weight is 385 g/mol. The lowest BCUT2D eigenvalue weighted by molar-refractivity contribution is 0.769. The van der Waals surface area contributed by atoms with Crippen LogP contribution in [0.25, 0.3) is 11.1 Å². The summed E-state index contributed by atoms with van der Waals surface area (Å²) in [6, 6.07) is 33.9. The fourth-order valence-electron chi connectivity index (χ4n) is 4.49. The van der Waals surface area contributed by atoms with Gasteiger partial charge >= 0.3 is 0 Å². The molecule has 28 heavy (non-hydrogen) atoms. The number of nitrogen functional groups attached to an aromatic ring is 2. The summed E-state index contributed by atoms with van der Waals surface area (Å²) in [6.07, 6.45) is 0. The molecule has 0 atom stereocenters. The van der Waals surface area contributed by atoms with Crippen molar-refractivity contribution in [2.24, 2.45) is 0 Å². The van der Waals surface area contributed by atoms with E-state index in [0.717, 1.165) is 11.4 Å². The Balaban J connectivity index is 0.00000192. The van der Waals surface area contributed by atoms with Crippen LogP contribution in [0.3, 0.4) is 0 Å². The van der Waals surface area contributed by atoms with Crippen molar-refractivity contribution in [3.05, 3.63) is 119 Å². The molecule has 0 heterocycles. The van der Waals surface area contributed by atoms with Crippen LogP contribution in [-0.4, -0.2) is 0 Å². The molecule has 0 radical (unpaired) electrons. The van der Waals surface area contributed by atoms with Crippen molar-refractivity contribution in [3.63, 3.8) is 0 Å². The maximum atomic E-state index is 6.00. The summed E-state index contributed by atoms with van der Waals surface area (Å²) in [5, 5.41) is 0. The van der Waals surface area contributed by atoms with Crippen molar-refractivity contribution < 1.29 is 0 Å². The molecule has 0 aliphatic heterocycles. The number of hydrogen-bond donors (Lipinski definition) is 2. The molecule has 0 fully saturated rings. The molecule has 4 aromatic rings. The van der Waals surface area contributed by atoms with Gasteiger partial charge in [0.05, 0.1) is 5.41 Å². The van der Waals surface area contributed by atoms with Crippen molar-refractivity contribution >= 4 is 23.8 Å². The Morgan fingerprint density at radius 3 is 1.21 bits per heavy atom. The van der Waals surface area contributed by atoms with E-state index in [2.05, 4.69) is 72.8 Å². The Kier molecular flexibility index (Phi) is 4.37. The molecule has 2 nitrogen and oxygen atoms in total. The predicted octanol–water partition coefficient (Wildman–Crippen LogP) is 5.64. The minimum atomic E-state index is -0.380. The largest absolute Gasteiger partial charge is 0.399 e. The summed E-state index contributed by atoms with van der Waals surface area (Å²) in [5.41, 5.74) is 20.7. The maximum Gasteiger partial charge on any atom is 0.0713 e. The molecule has 3 heteroatoms. The molecule has 0 amide bonds. The van der Waals surface area contributed by atoms with Crippen LogP contribution in [-0.2, 0) is 5.41 Å². The van der Waals surface area contributed by atoms with Crippen LogP contribution in [0.1, 0.15) is 22.3 Å². The second-order valence-corrected chi connectivity index (χ2v) is 7.09. The second kappa shape index (κ2) is 6.74. The molecular formula is C25H21ClN2. The number of nitrogens with two attached hydrogens (primary N) is 2. The average Bonchev–Trinajstić information content (AvgIpc) is 3.01. The highest BCUT2D eigenvalue weighted by Crippen LogP contribution is 2.55. The summed E-state index contributed by atoms with van der Waals surface area (Å²) in [6.45, 7) is 0. The van der Waals surface area contributed by atoms with Gasteiger partial charge in [-0.25, -0.2) is 0 Å². The minimum Gasteiger partial charge on any atom is -0.399 e. The van der Waals surface area contributed by atoms with Crippen molar-refractivity contribution in [3.8, 4) is 11.1 Å². The normalized spacial score (nSPS) is 13.3. The first-order valence-electron chi connectivity index (χ1n) is 9.12. The summed E-state index contributed by atoms with van der Waals surface area (Å²) >= 11 is 0. The number of fused-ring (bicyclic) bond motifs is 3. The van der Waals surface area contributed by atoms with Crippen molar-refractivity contribution in [1.29, 1.82) is 0 Å². The Bertz CT molecular complexity index is 1040. The zero-order chi connectivity index (χ0) is 18.4. The smallest absolute Gasteiger partial charge is 0.0713 e. The molecule has 4 aromatic carbocycles. The van der Waals surface area contributed by atoms with E-state index in [1.807, 2.05) is 24.3 Å². The molecule has 0 bridgehead atoms. The Labute approximate surface area is 171 Å². The van der Waals surface area contributed by atoms with E-state index in [9.17, 15) is 0 Å². The van der Waals surface area contributed by atoms with Gasteiger partial charge in [-0.15, -0.1) is 12.4 Å². The zero-order valence-corrected chi connectivity index (χ0v) is 16.1. The van der Waals surface area contributed by atoms with Crippen LogP contribution in [0.4, 0.5) is 11.4 Å². The van der Waals surface area contributed by atoms with E-state index >= 15 is 0 Å². The molecule has 1 aliphatic rings. The molecule has 4 N–H and O–H groups in total. The SMILES string of the molecule is Cl.Nc1ccc(C2(c3ccc(N)cc3)c3ccccc3-c3ccccc32)cc1. The molecule has 5 rings (SSSR count). The van der Waals surface area contributed by atoms with E-state index in [1.54, 1.807) is 0 Å². The van der Waals surface area contributed by atoms with E-state index in [-0.39, 0.29) is 17.8 Å². The van der Waals surface area contributed by atoms with Crippen LogP contribution in [0, 0.1) is 0 Å². The lowest BCUT2D eigenvalue weighted by Gasteiger charge is -2.34. The van der Waals surface area contributed by atoms with Crippen molar-refractivity contribution in [2.75, 3.05) is 11.5 Å². The molecular weight excluding hydrogens is 364 g/mol. The highest BCUT2D eigenvalue weighted by atomic mass is 35.5. The summed E-state index contributed by atoms with van der Waals surface area (Å²) in [4.78, 5) is 0. The van der Waals surface area contributed by atoms with E-state index in [1.165, 1.54) is 33.4 Å². The number of benzene rings is 4. The van der Waals surface area contributed by atoms with E-state index in [0.29, 0.717) is 0 Å². The van der Waals surface area contributed by atoms with Gasteiger partial charge in [-0.05, 0) is 57.6 Å². The minimum absolute atomic E-state index is 0. The lowest BCUT2D eigenvalue weighted by atomic mass is 9.67.